The second kappa shape index (κ2) is 14.9. The average Bonchev–Trinajstić information content (AvgIpc) is 3.38. The van der Waals surface area contributed by atoms with Gasteiger partial charge in [0.25, 0.3) is 0 Å². The van der Waals surface area contributed by atoms with Crippen LogP contribution in [0, 0.1) is 5.92 Å². The number of nitrogens with zero attached hydrogens (tertiary/aromatic N) is 1. The van der Waals surface area contributed by atoms with Crippen LogP contribution in [0.15, 0.2) is 65.6 Å². The van der Waals surface area contributed by atoms with E-state index in [0.29, 0.717) is 17.9 Å². The van der Waals surface area contributed by atoms with Gasteiger partial charge >= 0.3 is 6.09 Å². The van der Waals surface area contributed by atoms with Crippen LogP contribution in [0.25, 0.3) is 0 Å². The first-order valence-corrected chi connectivity index (χ1v) is 15.9. The van der Waals surface area contributed by atoms with Gasteiger partial charge in [-0.05, 0) is 77.0 Å². The Morgan fingerprint density at radius 3 is 2.48 bits per heavy atom. The summed E-state index contributed by atoms with van der Waals surface area (Å²) in [5.74, 6) is 1.10. The van der Waals surface area contributed by atoms with E-state index < -0.39 is 33.9 Å². The van der Waals surface area contributed by atoms with E-state index in [2.05, 4.69) is 18.8 Å². The van der Waals surface area contributed by atoms with Crippen LogP contribution in [0.1, 0.15) is 65.9 Å². The summed E-state index contributed by atoms with van der Waals surface area (Å²) < 4.78 is 45.5. The van der Waals surface area contributed by atoms with Crippen molar-refractivity contribution in [3.8, 4) is 11.5 Å². The van der Waals surface area contributed by atoms with Crippen molar-refractivity contribution in [3.05, 3.63) is 66.2 Å². The van der Waals surface area contributed by atoms with Gasteiger partial charge in [-0.25, -0.2) is 13.2 Å². The SMILES string of the molecule is C=C(C)CCCC(C)CCN(C[C@@H](O)[C@H](Cc1ccccc1)NC(=O)OC(C)(C)C)S(=O)(=O)c1ccc2c(c1)OCO2. The van der Waals surface area contributed by atoms with Crippen LogP contribution in [0.4, 0.5) is 4.79 Å². The molecule has 0 fully saturated rings. The Hall–Kier alpha value is -3.08. The fraction of sp³-hybridized carbons (Fsp3) is 0.531. The number of sulfonamides is 1. The zero-order valence-corrected chi connectivity index (χ0v) is 26.3. The predicted octanol–water partition coefficient (Wildman–Crippen LogP) is 5.68. The van der Waals surface area contributed by atoms with Gasteiger partial charge in [-0.3, -0.25) is 0 Å². The Labute approximate surface area is 250 Å². The second-order valence-electron chi connectivity index (χ2n) is 12.1. The predicted molar refractivity (Wildman–Crippen MR) is 163 cm³/mol. The number of allylic oxidation sites excluding steroid dienone is 1. The van der Waals surface area contributed by atoms with Crippen molar-refractivity contribution < 1.29 is 32.5 Å². The number of fused-ring (bicyclic) bond motifs is 1. The molecule has 42 heavy (non-hydrogen) atoms. The molecule has 0 saturated heterocycles. The topological polar surface area (TPSA) is 114 Å². The summed E-state index contributed by atoms with van der Waals surface area (Å²) in [5, 5.41) is 14.3. The molecule has 0 saturated carbocycles. The van der Waals surface area contributed by atoms with Crippen LogP contribution in [0.5, 0.6) is 11.5 Å². The Balaban J connectivity index is 1.85. The first-order valence-electron chi connectivity index (χ1n) is 14.5. The van der Waals surface area contributed by atoms with Crippen LogP contribution in [-0.4, -0.2) is 61.6 Å². The molecule has 0 aromatic heterocycles. The van der Waals surface area contributed by atoms with Crippen molar-refractivity contribution in [1.82, 2.24) is 9.62 Å². The molecule has 0 spiro atoms. The van der Waals surface area contributed by atoms with Gasteiger partial charge in [0, 0.05) is 19.2 Å². The number of nitrogens with one attached hydrogen (secondary N) is 1. The molecule has 1 amide bonds. The molecular weight excluding hydrogens is 556 g/mol. The monoisotopic (exact) mass is 602 g/mol. The first-order chi connectivity index (χ1) is 19.7. The molecule has 232 valence electrons. The summed E-state index contributed by atoms with van der Waals surface area (Å²) in [7, 11) is -4.03. The van der Waals surface area contributed by atoms with Gasteiger partial charge in [0.05, 0.1) is 17.0 Å². The molecule has 2 N–H and O–H groups in total. The van der Waals surface area contributed by atoms with Crippen LogP contribution in [0.2, 0.25) is 0 Å². The Kier molecular flexibility index (Phi) is 11.8. The highest BCUT2D eigenvalue weighted by atomic mass is 32.2. The molecule has 10 heteroatoms. The maximum absolute atomic E-state index is 14.0. The molecule has 3 atom stereocenters. The maximum Gasteiger partial charge on any atom is 0.407 e. The van der Waals surface area contributed by atoms with E-state index in [1.54, 1.807) is 26.8 Å². The van der Waals surface area contributed by atoms with Crippen LogP contribution < -0.4 is 14.8 Å². The van der Waals surface area contributed by atoms with E-state index in [4.69, 9.17) is 14.2 Å². The average molecular weight is 603 g/mol. The molecule has 0 aliphatic carbocycles. The van der Waals surface area contributed by atoms with Gasteiger partial charge in [-0.15, -0.1) is 6.58 Å². The highest BCUT2D eigenvalue weighted by Gasteiger charge is 2.33. The number of hydrogen-bond donors (Lipinski definition) is 2. The molecule has 3 rings (SSSR count). The third kappa shape index (κ3) is 10.3. The summed E-state index contributed by atoms with van der Waals surface area (Å²) in [4.78, 5) is 12.8. The lowest BCUT2D eigenvalue weighted by Crippen LogP contribution is -2.51. The summed E-state index contributed by atoms with van der Waals surface area (Å²) in [5.41, 5.74) is 1.27. The molecule has 1 aliphatic heterocycles. The van der Waals surface area contributed by atoms with Crippen molar-refractivity contribution in [2.24, 2.45) is 5.92 Å². The number of aliphatic hydroxyl groups excluding tert-OH is 1. The van der Waals surface area contributed by atoms with E-state index in [9.17, 15) is 18.3 Å². The van der Waals surface area contributed by atoms with Crippen molar-refractivity contribution in [1.29, 1.82) is 0 Å². The Morgan fingerprint density at radius 2 is 1.81 bits per heavy atom. The quantitative estimate of drug-likeness (QED) is 0.252. The van der Waals surface area contributed by atoms with E-state index in [1.165, 1.54) is 16.4 Å². The molecule has 9 nitrogen and oxygen atoms in total. The van der Waals surface area contributed by atoms with Crippen molar-refractivity contribution >= 4 is 16.1 Å². The highest BCUT2D eigenvalue weighted by molar-refractivity contribution is 7.89. The minimum atomic E-state index is -4.03. The summed E-state index contributed by atoms with van der Waals surface area (Å²) in [6, 6.07) is 13.1. The van der Waals surface area contributed by atoms with Crippen LogP contribution in [-0.2, 0) is 21.2 Å². The van der Waals surface area contributed by atoms with Crippen molar-refractivity contribution in [3.63, 3.8) is 0 Å². The zero-order chi connectivity index (χ0) is 30.9. The van der Waals surface area contributed by atoms with E-state index in [0.717, 1.165) is 30.4 Å². The summed E-state index contributed by atoms with van der Waals surface area (Å²) in [6.07, 6.45) is 1.84. The molecule has 0 bridgehead atoms. The molecular formula is C32H46N2O7S. The lowest BCUT2D eigenvalue weighted by molar-refractivity contribution is 0.0401. The Bertz CT molecular complexity index is 1290. The third-order valence-electron chi connectivity index (χ3n) is 7.01. The molecule has 1 unspecified atom stereocenters. The van der Waals surface area contributed by atoms with Crippen molar-refractivity contribution in [2.45, 2.75) is 89.4 Å². The number of rotatable bonds is 15. The fourth-order valence-electron chi connectivity index (χ4n) is 4.70. The van der Waals surface area contributed by atoms with Crippen LogP contribution >= 0.6 is 0 Å². The summed E-state index contributed by atoms with van der Waals surface area (Å²) >= 11 is 0. The zero-order valence-electron chi connectivity index (χ0n) is 25.5. The van der Waals surface area contributed by atoms with E-state index in [-0.39, 0.29) is 37.1 Å². The lowest BCUT2D eigenvalue weighted by atomic mass is 9.98. The molecule has 0 radical (unpaired) electrons. The minimum Gasteiger partial charge on any atom is -0.454 e. The van der Waals surface area contributed by atoms with Gasteiger partial charge in [-0.1, -0.05) is 49.2 Å². The number of carbonyl (C=O) groups is 1. The minimum absolute atomic E-state index is 0.0282. The van der Waals surface area contributed by atoms with Crippen molar-refractivity contribution in [2.75, 3.05) is 19.9 Å². The number of hydrogen-bond acceptors (Lipinski definition) is 7. The Morgan fingerprint density at radius 1 is 1.12 bits per heavy atom. The van der Waals surface area contributed by atoms with Crippen LogP contribution in [0.3, 0.4) is 0 Å². The smallest absolute Gasteiger partial charge is 0.407 e. The normalized spacial score (nSPS) is 15.2. The molecule has 1 aliphatic rings. The third-order valence-corrected chi connectivity index (χ3v) is 8.87. The van der Waals surface area contributed by atoms with Gasteiger partial charge in [0.2, 0.25) is 16.8 Å². The molecule has 1 heterocycles. The molecule has 2 aromatic carbocycles. The number of alkyl carbamates (subject to hydrolysis) is 1. The standard InChI is InChI=1S/C32H46N2O7S/c1-23(2)11-10-12-24(3)17-18-34(42(37,38)26-15-16-29-30(20-26)40-22-39-29)21-28(35)27(19-25-13-8-7-9-14-25)33-31(36)41-32(4,5)6/h7-9,13-16,20,24,27-28,35H,1,10-12,17-19,21-22H2,2-6H3,(H,33,36)/t24?,27-,28+/m0/s1. The number of carbonyl (C=O) groups excluding carboxylic acids is 1. The first kappa shape index (κ1) is 33.4. The second-order valence-corrected chi connectivity index (χ2v) is 14.1. The number of amides is 1. The highest BCUT2D eigenvalue weighted by Crippen LogP contribution is 2.35. The fourth-order valence-corrected chi connectivity index (χ4v) is 6.19. The maximum atomic E-state index is 14.0. The number of aliphatic hydroxyl groups is 1. The number of benzene rings is 2. The lowest BCUT2D eigenvalue weighted by Gasteiger charge is -2.31. The van der Waals surface area contributed by atoms with Gasteiger partial charge in [0.15, 0.2) is 11.5 Å². The van der Waals surface area contributed by atoms with Gasteiger partial charge in [0.1, 0.15) is 5.60 Å². The largest absolute Gasteiger partial charge is 0.454 e. The van der Waals surface area contributed by atoms with Gasteiger partial charge < -0.3 is 24.6 Å². The van der Waals surface area contributed by atoms with E-state index in [1.807, 2.05) is 37.3 Å². The summed E-state index contributed by atoms with van der Waals surface area (Å²) in [6.45, 7) is 13.3. The number of ether oxygens (including phenoxy) is 3. The molecule has 2 aromatic rings. The van der Waals surface area contributed by atoms with E-state index >= 15 is 0 Å². The van der Waals surface area contributed by atoms with Gasteiger partial charge in [-0.2, -0.15) is 4.31 Å².